The Morgan fingerprint density at radius 2 is 2.38 bits per heavy atom. The van der Waals surface area contributed by atoms with Gasteiger partial charge in [-0.2, -0.15) is 5.21 Å². The van der Waals surface area contributed by atoms with E-state index in [-0.39, 0.29) is 17.7 Å². The van der Waals surface area contributed by atoms with E-state index < -0.39 is 17.8 Å². The van der Waals surface area contributed by atoms with Crippen LogP contribution in [0.15, 0.2) is 18.2 Å². The van der Waals surface area contributed by atoms with Gasteiger partial charge in [-0.15, -0.1) is 10.2 Å². The Hall–Kier alpha value is -2.79. The van der Waals surface area contributed by atoms with Gasteiger partial charge in [0.05, 0.1) is 11.6 Å². The van der Waals surface area contributed by atoms with Crippen LogP contribution in [0.25, 0.3) is 0 Å². The van der Waals surface area contributed by atoms with Crippen molar-refractivity contribution in [3.05, 3.63) is 41.0 Å². The molecule has 7 nitrogen and oxygen atoms in total. The second-order valence-electron chi connectivity index (χ2n) is 4.11. The van der Waals surface area contributed by atoms with E-state index in [9.17, 15) is 9.18 Å². The van der Waals surface area contributed by atoms with E-state index >= 15 is 0 Å². The van der Waals surface area contributed by atoms with Gasteiger partial charge in [0.2, 0.25) is 0 Å². The summed E-state index contributed by atoms with van der Waals surface area (Å²) in [6.07, 6.45) is 0. The minimum absolute atomic E-state index is 0.196. The summed E-state index contributed by atoms with van der Waals surface area (Å²) in [6, 6.07) is 3.16. The molecular formula is C13H12FN5O2. The lowest BCUT2D eigenvalue weighted by molar-refractivity contribution is 0.0938. The molecule has 108 valence electrons. The third kappa shape index (κ3) is 3.61. The topological polar surface area (TPSA) is 104 Å². The monoisotopic (exact) mass is 289 g/mol. The lowest BCUT2D eigenvalue weighted by Crippen LogP contribution is -2.28. The van der Waals surface area contributed by atoms with Gasteiger partial charge in [0.1, 0.15) is 12.4 Å². The molecule has 0 saturated heterocycles. The lowest BCUT2D eigenvalue weighted by Gasteiger charge is -2.11. The van der Waals surface area contributed by atoms with Crippen molar-refractivity contribution in [3.8, 4) is 11.8 Å². The normalized spacial score (nSPS) is 11.4. The zero-order chi connectivity index (χ0) is 15.2. The molecule has 0 aliphatic carbocycles. The molecule has 1 atom stereocenters. The van der Waals surface area contributed by atoms with Crippen LogP contribution in [0.4, 0.5) is 4.39 Å². The summed E-state index contributed by atoms with van der Waals surface area (Å²) in [6.45, 7) is 1.31. The van der Waals surface area contributed by atoms with Crippen LogP contribution in [0.5, 0.6) is 0 Å². The third-order valence-electron chi connectivity index (χ3n) is 2.62. The average molecular weight is 289 g/mol. The first-order valence-corrected chi connectivity index (χ1v) is 6.05. The molecule has 1 amide bonds. The summed E-state index contributed by atoms with van der Waals surface area (Å²) in [7, 11) is 0. The Morgan fingerprint density at radius 3 is 3.05 bits per heavy atom. The summed E-state index contributed by atoms with van der Waals surface area (Å²) in [5.41, 5.74) is 0.398. The fourth-order valence-corrected chi connectivity index (χ4v) is 1.64. The number of nitrogens with one attached hydrogen (secondary N) is 2. The van der Waals surface area contributed by atoms with Gasteiger partial charge >= 0.3 is 0 Å². The Balaban J connectivity index is 2.22. The second kappa shape index (κ2) is 6.58. The van der Waals surface area contributed by atoms with Crippen molar-refractivity contribution >= 4 is 5.91 Å². The van der Waals surface area contributed by atoms with E-state index in [1.165, 1.54) is 6.07 Å². The number of nitrogens with zero attached hydrogens (tertiary/aromatic N) is 3. The molecule has 0 spiro atoms. The van der Waals surface area contributed by atoms with Crippen LogP contribution in [0, 0.1) is 17.7 Å². The Bertz CT molecular complexity index is 690. The number of carbonyl (C=O) groups is 1. The number of hydrogen-bond donors (Lipinski definition) is 3. The molecule has 0 aliphatic rings. The number of hydrogen-bond acceptors (Lipinski definition) is 5. The zero-order valence-electron chi connectivity index (χ0n) is 11.1. The number of aliphatic hydroxyl groups excluding tert-OH is 1. The maximum Gasteiger partial charge on any atom is 0.253 e. The van der Waals surface area contributed by atoms with Crippen LogP contribution in [0.3, 0.4) is 0 Å². The minimum atomic E-state index is -0.514. The zero-order valence-corrected chi connectivity index (χ0v) is 11.1. The summed E-state index contributed by atoms with van der Waals surface area (Å²) < 4.78 is 13.2. The van der Waals surface area contributed by atoms with Crippen LogP contribution in [0.1, 0.15) is 34.7 Å². The van der Waals surface area contributed by atoms with Gasteiger partial charge in [0.25, 0.3) is 5.91 Å². The van der Waals surface area contributed by atoms with E-state index in [1.807, 2.05) is 0 Å². The molecule has 1 aromatic carbocycles. The largest absolute Gasteiger partial charge is 0.384 e. The molecular weight excluding hydrogens is 277 g/mol. The fourth-order valence-electron chi connectivity index (χ4n) is 1.64. The molecule has 2 aromatic rings. The Labute approximate surface area is 119 Å². The molecule has 1 aromatic heterocycles. The summed E-state index contributed by atoms with van der Waals surface area (Å²) in [5, 5.41) is 24.6. The average Bonchev–Trinajstić information content (AvgIpc) is 2.99. The van der Waals surface area contributed by atoms with E-state index in [2.05, 4.69) is 37.8 Å². The quantitative estimate of drug-likeness (QED) is 0.699. The van der Waals surface area contributed by atoms with Crippen molar-refractivity contribution in [2.75, 3.05) is 6.61 Å². The first kappa shape index (κ1) is 14.6. The number of benzene rings is 1. The number of H-pyrrole nitrogens is 1. The van der Waals surface area contributed by atoms with Crippen molar-refractivity contribution in [2.45, 2.75) is 13.0 Å². The third-order valence-corrected chi connectivity index (χ3v) is 2.62. The van der Waals surface area contributed by atoms with Gasteiger partial charge in [-0.1, -0.05) is 17.1 Å². The van der Waals surface area contributed by atoms with E-state index in [0.717, 1.165) is 12.1 Å². The second-order valence-corrected chi connectivity index (χ2v) is 4.11. The van der Waals surface area contributed by atoms with Crippen LogP contribution in [0.2, 0.25) is 0 Å². The molecule has 2 rings (SSSR count). The fraction of sp³-hybridized carbons (Fsp3) is 0.231. The number of carbonyl (C=O) groups excluding carboxylic acids is 1. The highest BCUT2D eigenvalue weighted by atomic mass is 19.1. The number of halogens is 1. The van der Waals surface area contributed by atoms with Crippen molar-refractivity contribution in [1.29, 1.82) is 0 Å². The van der Waals surface area contributed by atoms with Crippen molar-refractivity contribution < 1.29 is 14.3 Å². The van der Waals surface area contributed by atoms with Gasteiger partial charge < -0.3 is 10.4 Å². The number of aromatic amines is 1. The van der Waals surface area contributed by atoms with Gasteiger partial charge in [-0.05, 0) is 25.1 Å². The molecule has 1 heterocycles. The maximum atomic E-state index is 13.2. The standard InChI is InChI=1S/C13H12FN5O2/c1-8(12-16-18-19-17-12)15-13(21)11-5-4-10(14)7-9(11)3-2-6-20/h4-5,7-8,20H,6H2,1H3,(H,15,21)(H,16,17,18,19). The highest BCUT2D eigenvalue weighted by molar-refractivity contribution is 5.96. The minimum Gasteiger partial charge on any atom is -0.384 e. The maximum absolute atomic E-state index is 13.2. The molecule has 8 heteroatoms. The number of aromatic nitrogens is 4. The van der Waals surface area contributed by atoms with Gasteiger partial charge in [-0.25, -0.2) is 4.39 Å². The number of rotatable bonds is 3. The summed E-state index contributed by atoms with van der Waals surface area (Å²) >= 11 is 0. The highest BCUT2D eigenvalue weighted by Crippen LogP contribution is 2.12. The SMILES string of the molecule is CC(NC(=O)c1ccc(F)cc1C#CCO)c1nn[nH]n1. The van der Waals surface area contributed by atoms with Crippen molar-refractivity contribution in [2.24, 2.45) is 0 Å². The van der Waals surface area contributed by atoms with Gasteiger partial charge in [0.15, 0.2) is 5.82 Å². The van der Waals surface area contributed by atoms with E-state index in [0.29, 0.717) is 5.82 Å². The summed E-state index contributed by atoms with van der Waals surface area (Å²) in [4.78, 5) is 12.2. The molecule has 1 unspecified atom stereocenters. The van der Waals surface area contributed by atoms with Gasteiger partial charge in [-0.3, -0.25) is 4.79 Å². The molecule has 0 bridgehead atoms. The predicted molar refractivity (Wildman–Crippen MR) is 70.4 cm³/mol. The van der Waals surface area contributed by atoms with Crippen LogP contribution in [-0.2, 0) is 0 Å². The number of aliphatic hydroxyl groups is 1. The first-order valence-electron chi connectivity index (χ1n) is 6.05. The number of amides is 1. The van der Waals surface area contributed by atoms with E-state index in [1.54, 1.807) is 6.92 Å². The summed E-state index contributed by atoms with van der Waals surface area (Å²) in [5.74, 6) is 4.29. The number of tetrazole rings is 1. The van der Waals surface area contributed by atoms with Crippen molar-refractivity contribution in [3.63, 3.8) is 0 Å². The molecule has 0 aliphatic heterocycles. The van der Waals surface area contributed by atoms with Crippen LogP contribution < -0.4 is 5.32 Å². The van der Waals surface area contributed by atoms with Crippen LogP contribution >= 0.6 is 0 Å². The Morgan fingerprint density at radius 1 is 1.57 bits per heavy atom. The molecule has 0 saturated carbocycles. The van der Waals surface area contributed by atoms with E-state index in [4.69, 9.17) is 5.11 Å². The van der Waals surface area contributed by atoms with Crippen molar-refractivity contribution in [1.82, 2.24) is 25.9 Å². The van der Waals surface area contributed by atoms with Crippen LogP contribution in [-0.4, -0.2) is 38.2 Å². The first-order chi connectivity index (χ1) is 10.1. The molecule has 0 fully saturated rings. The Kier molecular flexibility index (Phi) is 4.58. The predicted octanol–water partition coefficient (Wildman–Crippen LogP) is 0.174. The smallest absolute Gasteiger partial charge is 0.253 e. The highest BCUT2D eigenvalue weighted by Gasteiger charge is 2.17. The molecule has 21 heavy (non-hydrogen) atoms. The lowest BCUT2D eigenvalue weighted by atomic mass is 10.1. The van der Waals surface area contributed by atoms with Gasteiger partial charge in [0, 0.05) is 5.56 Å². The molecule has 3 N–H and O–H groups in total. The molecule has 0 radical (unpaired) electrons.